The largest absolute Gasteiger partial charge is 0.493 e. The number of ketones is 1. The summed E-state index contributed by atoms with van der Waals surface area (Å²) in [7, 11) is 3.24. The third-order valence-corrected chi connectivity index (χ3v) is 7.27. The molecule has 3 aliphatic rings. The van der Waals surface area contributed by atoms with E-state index in [1.807, 2.05) is 54.6 Å². The number of ether oxygens (including phenoxy) is 4. The molecular weight excluding hydrogens is 466 g/mol. The molecule has 0 unspecified atom stereocenters. The smallest absolute Gasteiger partial charge is 0.231 e. The fourth-order valence-corrected chi connectivity index (χ4v) is 5.48. The van der Waals surface area contributed by atoms with E-state index < -0.39 is 0 Å². The second kappa shape index (κ2) is 8.54. The van der Waals surface area contributed by atoms with Gasteiger partial charge in [-0.05, 0) is 59.4 Å². The number of carbonyl (C=O) groups is 1. The van der Waals surface area contributed by atoms with Crippen LogP contribution in [0.5, 0.6) is 23.0 Å². The minimum absolute atomic E-state index is 0.0231. The molecule has 0 radical (unpaired) electrons. The van der Waals surface area contributed by atoms with Crippen molar-refractivity contribution in [1.29, 1.82) is 0 Å². The molecule has 1 N–H and O–H groups in total. The van der Waals surface area contributed by atoms with Gasteiger partial charge >= 0.3 is 0 Å². The first kappa shape index (κ1) is 21.9. The van der Waals surface area contributed by atoms with Crippen molar-refractivity contribution >= 4 is 23.1 Å². The first-order valence-corrected chi connectivity index (χ1v) is 11.9. The van der Waals surface area contributed by atoms with Gasteiger partial charge in [-0.3, -0.25) is 4.79 Å². The van der Waals surface area contributed by atoms with Crippen LogP contribution in [0.25, 0.3) is 0 Å². The van der Waals surface area contributed by atoms with E-state index in [1.54, 1.807) is 14.2 Å². The molecule has 3 aromatic carbocycles. The molecule has 7 heteroatoms. The van der Waals surface area contributed by atoms with Gasteiger partial charge in [0.25, 0.3) is 0 Å². The van der Waals surface area contributed by atoms with E-state index in [-0.39, 0.29) is 24.4 Å². The van der Waals surface area contributed by atoms with Gasteiger partial charge in [-0.2, -0.15) is 0 Å². The minimum atomic E-state index is -0.216. The number of carbonyl (C=O) groups excluding carboxylic acids is 1. The number of hydrogen-bond donors (Lipinski definition) is 1. The van der Waals surface area contributed by atoms with Gasteiger partial charge in [0.2, 0.25) is 6.79 Å². The summed E-state index contributed by atoms with van der Waals surface area (Å²) in [6.45, 7) is 0.192. The highest BCUT2D eigenvalue weighted by atomic mass is 35.5. The molecule has 0 saturated heterocycles. The zero-order valence-corrected chi connectivity index (χ0v) is 20.1. The quantitative estimate of drug-likeness (QED) is 0.481. The van der Waals surface area contributed by atoms with Gasteiger partial charge in [-0.15, -0.1) is 0 Å². The number of nitrogens with one attached hydrogen (secondary N) is 1. The van der Waals surface area contributed by atoms with Crippen LogP contribution in [0.3, 0.4) is 0 Å². The predicted molar refractivity (Wildman–Crippen MR) is 133 cm³/mol. The Hall–Kier alpha value is -3.64. The van der Waals surface area contributed by atoms with Crippen LogP contribution >= 0.6 is 11.6 Å². The topological polar surface area (TPSA) is 66.0 Å². The third-order valence-electron chi connectivity index (χ3n) is 7.02. The summed E-state index contributed by atoms with van der Waals surface area (Å²) in [5.74, 6) is 2.66. The van der Waals surface area contributed by atoms with Crippen molar-refractivity contribution in [3.8, 4) is 23.0 Å². The lowest BCUT2D eigenvalue weighted by molar-refractivity contribution is -0.116. The van der Waals surface area contributed by atoms with E-state index in [1.165, 1.54) is 0 Å². The average Bonchev–Trinajstić information content (AvgIpc) is 3.33. The molecule has 0 aromatic heterocycles. The third kappa shape index (κ3) is 3.69. The lowest BCUT2D eigenvalue weighted by Crippen LogP contribution is -2.29. The Bertz CT molecular complexity index is 1360. The van der Waals surface area contributed by atoms with Crippen molar-refractivity contribution < 1.29 is 23.7 Å². The van der Waals surface area contributed by atoms with Crippen LogP contribution in [-0.4, -0.2) is 26.8 Å². The maximum Gasteiger partial charge on any atom is 0.231 e. The summed E-state index contributed by atoms with van der Waals surface area (Å²) in [6, 6.07) is 17.5. The number of allylic oxidation sites excluding steroid dienone is 2. The van der Waals surface area contributed by atoms with Crippen LogP contribution in [0.2, 0.25) is 5.02 Å². The molecule has 2 atom stereocenters. The van der Waals surface area contributed by atoms with E-state index in [0.29, 0.717) is 40.9 Å². The van der Waals surface area contributed by atoms with Crippen molar-refractivity contribution in [2.75, 3.05) is 26.3 Å². The number of fused-ring (bicyclic) bond motifs is 2. The minimum Gasteiger partial charge on any atom is -0.493 e. The molecule has 6 nitrogen and oxygen atoms in total. The zero-order valence-electron chi connectivity index (χ0n) is 19.4. The monoisotopic (exact) mass is 489 g/mol. The molecule has 0 fully saturated rings. The van der Waals surface area contributed by atoms with Gasteiger partial charge in [0.15, 0.2) is 28.8 Å². The second-order valence-corrected chi connectivity index (χ2v) is 9.37. The zero-order chi connectivity index (χ0) is 24.1. The SMILES string of the molecule is COc1ccc([C@@H]2CC(=O)C3=C(C2)Nc2cc4c(cc2[C@H]3c2ccc(Cl)cc2)OCO4)cc1OC. The Morgan fingerprint density at radius 1 is 0.886 bits per heavy atom. The summed E-state index contributed by atoms with van der Waals surface area (Å²) >= 11 is 6.18. The van der Waals surface area contributed by atoms with E-state index in [2.05, 4.69) is 5.32 Å². The van der Waals surface area contributed by atoms with Crippen LogP contribution in [0.15, 0.2) is 65.9 Å². The van der Waals surface area contributed by atoms with Gasteiger partial charge in [0.1, 0.15) is 0 Å². The molecule has 1 aliphatic carbocycles. The predicted octanol–water partition coefficient (Wildman–Crippen LogP) is 6.04. The van der Waals surface area contributed by atoms with Crippen molar-refractivity contribution in [3.63, 3.8) is 0 Å². The molecule has 35 heavy (non-hydrogen) atoms. The van der Waals surface area contributed by atoms with E-state index >= 15 is 0 Å². The molecule has 0 bridgehead atoms. The molecule has 178 valence electrons. The average molecular weight is 490 g/mol. The van der Waals surface area contributed by atoms with Crippen molar-refractivity contribution in [1.82, 2.24) is 0 Å². The summed E-state index contributed by atoms with van der Waals surface area (Å²) in [6.07, 6.45) is 1.12. The molecule has 2 heterocycles. The first-order valence-electron chi connectivity index (χ1n) is 11.5. The highest BCUT2D eigenvalue weighted by Crippen LogP contribution is 2.51. The van der Waals surface area contributed by atoms with Crippen LogP contribution < -0.4 is 24.3 Å². The summed E-state index contributed by atoms with van der Waals surface area (Å²) in [5, 5.41) is 4.22. The van der Waals surface area contributed by atoms with Gasteiger partial charge in [0, 0.05) is 40.4 Å². The number of anilines is 1. The number of hydrogen-bond acceptors (Lipinski definition) is 6. The number of methoxy groups -OCH3 is 2. The highest BCUT2D eigenvalue weighted by molar-refractivity contribution is 6.30. The molecular formula is C28H24ClNO5. The maximum absolute atomic E-state index is 13.7. The highest BCUT2D eigenvalue weighted by Gasteiger charge is 2.39. The Morgan fingerprint density at radius 3 is 2.34 bits per heavy atom. The van der Waals surface area contributed by atoms with Gasteiger partial charge < -0.3 is 24.3 Å². The normalized spacial score (nSPS) is 20.1. The van der Waals surface area contributed by atoms with Gasteiger partial charge in [-0.25, -0.2) is 0 Å². The fourth-order valence-electron chi connectivity index (χ4n) is 5.35. The van der Waals surface area contributed by atoms with Gasteiger partial charge in [-0.1, -0.05) is 29.8 Å². The van der Waals surface area contributed by atoms with Crippen LogP contribution in [0, 0.1) is 0 Å². The molecule has 0 saturated carbocycles. The number of rotatable bonds is 4. The fraction of sp³-hybridized carbons (Fsp3) is 0.250. The Kier molecular flexibility index (Phi) is 5.33. The maximum atomic E-state index is 13.7. The van der Waals surface area contributed by atoms with Crippen molar-refractivity contribution in [2.24, 2.45) is 0 Å². The Morgan fingerprint density at radius 2 is 1.60 bits per heavy atom. The van der Waals surface area contributed by atoms with Crippen LogP contribution in [-0.2, 0) is 4.79 Å². The molecule has 0 amide bonds. The van der Waals surface area contributed by atoms with E-state index in [0.717, 1.165) is 33.6 Å². The lowest BCUT2D eigenvalue weighted by Gasteiger charge is -2.37. The Balaban J connectivity index is 1.44. The summed E-state index contributed by atoms with van der Waals surface area (Å²) in [5.41, 5.74) is 5.72. The molecule has 6 rings (SSSR count). The molecule has 2 aliphatic heterocycles. The molecule has 3 aromatic rings. The summed E-state index contributed by atoms with van der Waals surface area (Å²) in [4.78, 5) is 13.7. The number of halogens is 1. The second-order valence-electron chi connectivity index (χ2n) is 8.94. The number of Topliss-reactive ketones (excluding diaryl/α,β-unsaturated/α-hetero) is 1. The van der Waals surface area contributed by atoms with Gasteiger partial charge in [0.05, 0.1) is 14.2 Å². The van der Waals surface area contributed by atoms with Crippen LogP contribution in [0.1, 0.15) is 41.4 Å². The lowest BCUT2D eigenvalue weighted by atomic mass is 9.72. The van der Waals surface area contributed by atoms with Crippen molar-refractivity contribution in [3.05, 3.63) is 87.6 Å². The van der Waals surface area contributed by atoms with Crippen LogP contribution in [0.4, 0.5) is 5.69 Å². The first-order chi connectivity index (χ1) is 17.1. The standard InChI is InChI=1S/C28H24ClNO5/c1-32-23-8-5-16(11-24(23)33-2)17-9-21-28(22(31)10-17)27(15-3-6-18(29)7-4-15)19-12-25-26(35-14-34-25)13-20(19)30-21/h3-8,11-13,17,27,30H,9-10,14H2,1-2H3/t17-,27+/m0/s1. The molecule has 0 spiro atoms. The van der Waals surface area contributed by atoms with E-state index in [9.17, 15) is 4.79 Å². The van der Waals surface area contributed by atoms with Crippen molar-refractivity contribution in [2.45, 2.75) is 24.7 Å². The number of benzene rings is 3. The Labute approximate surface area is 208 Å². The summed E-state index contributed by atoms with van der Waals surface area (Å²) < 4.78 is 22.2. The van der Waals surface area contributed by atoms with E-state index in [4.69, 9.17) is 30.5 Å².